The van der Waals surface area contributed by atoms with E-state index in [-0.39, 0.29) is 18.5 Å². The first-order valence-corrected chi connectivity index (χ1v) is 18.5. The number of aryl methyl sites for hydroxylation is 1. The summed E-state index contributed by atoms with van der Waals surface area (Å²) in [4.78, 5) is 13.5. The minimum Gasteiger partial charge on any atom is -0.365 e. The molecule has 10 heteroatoms. The SMILES string of the molecule is CC.CCCC(C)(OS(C)(CC)CC)C(F)(F)c1cccc(CNc2nc(C)nc3cnc(P(C)C)cc23)c1F. The summed E-state index contributed by atoms with van der Waals surface area (Å²) in [6, 6.07) is 6.12. The van der Waals surface area contributed by atoms with Crippen LogP contribution in [0.2, 0.25) is 0 Å². The smallest absolute Gasteiger partial charge is 0.305 e. The zero-order valence-electron chi connectivity index (χ0n) is 25.7. The summed E-state index contributed by atoms with van der Waals surface area (Å²) in [5.74, 6) is -2.08. The Bertz CT molecular complexity index is 1270. The van der Waals surface area contributed by atoms with E-state index in [1.54, 1.807) is 13.1 Å². The van der Waals surface area contributed by atoms with Gasteiger partial charge in [-0.1, -0.05) is 61.1 Å². The van der Waals surface area contributed by atoms with Crippen molar-refractivity contribution in [2.75, 3.05) is 36.4 Å². The third kappa shape index (κ3) is 7.46. The van der Waals surface area contributed by atoms with E-state index in [0.717, 1.165) is 10.8 Å². The van der Waals surface area contributed by atoms with Crippen molar-refractivity contribution in [3.05, 3.63) is 53.2 Å². The molecule has 3 aromatic rings. The van der Waals surface area contributed by atoms with E-state index in [9.17, 15) is 0 Å². The van der Waals surface area contributed by atoms with Crippen molar-refractivity contribution < 1.29 is 17.4 Å². The van der Waals surface area contributed by atoms with Crippen LogP contribution in [0.1, 0.15) is 71.3 Å². The van der Waals surface area contributed by atoms with Crippen molar-refractivity contribution in [1.29, 1.82) is 0 Å². The molecule has 0 fully saturated rings. The van der Waals surface area contributed by atoms with Gasteiger partial charge < -0.3 is 9.50 Å². The number of alkyl halides is 2. The summed E-state index contributed by atoms with van der Waals surface area (Å²) in [6.45, 7) is 17.1. The van der Waals surface area contributed by atoms with Crippen molar-refractivity contribution in [3.8, 4) is 0 Å². The van der Waals surface area contributed by atoms with Gasteiger partial charge in [0.2, 0.25) is 0 Å². The summed E-state index contributed by atoms with van der Waals surface area (Å²) in [5, 5.41) is 3.93. The Balaban J connectivity index is 0.00000274. The van der Waals surface area contributed by atoms with Gasteiger partial charge in [-0.3, -0.25) is 4.98 Å². The maximum atomic E-state index is 16.2. The van der Waals surface area contributed by atoms with E-state index >= 15 is 13.2 Å². The highest BCUT2D eigenvalue weighted by atomic mass is 32.3. The third-order valence-electron chi connectivity index (χ3n) is 7.00. The van der Waals surface area contributed by atoms with Gasteiger partial charge in [-0.2, -0.15) is 8.78 Å². The van der Waals surface area contributed by atoms with Gasteiger partial charge in [0.1, 0.15) is 23.1 Å². The maximum Gasteiger partial charge on any atom is 0.305 e. The molecule has 1 atom stereocenters. The second-order valence-corrected chi connectivity index (χ2v) is 16.0. The van der Waals surface area contributed by atoms with E-state index in [0.29, 0.717) is 35.1 Å². The summed E-state index contributed by atoms with van der Waals surface area (Å²) in [6.07, 6.45) is 4.24. The highest BCUT2D eigenvalue weighted by Gasteiger charge is 2.55. The van der Waals surface area contributed by atoms with E-state index in [2.05, 4.69) is 33.6 Å². The Morgan fingerprint density at radius 1 is 1.07 bits per heavy atom. The molecule has 3 rings (SSSR count). The van der Waals surface area contributed by atoms with Gasteiger partial charge in [0.25, 0.3) is 0 Å². The number of hydrogen-bond donors (Lipinski definition) is 1. The van der Waals surface area contributed by atoms with Gasteiger partial charge in [-0.05, 0) is 63.5 Å². The number of hydrogen-bond acceptors (Lipinski definition) is 5. The molecule has 1 unspecified atom stereocenters. The fourth-order valence-corrected chi connectivity index (χ4v) is 6.83. The van der Waals surface area contributed by atoms with E-state index in [4.69, 9.17) is 4.18 Å². The molecule has 0 bridgehead atoms. The van der Waals surface area contributed by atoms with Crippen molar-refractivity contribution in [1.82, 2.24) is 15.0 Å². The Labute approximate surface area is 241 Å². The van der Waals surface area contributed by atoms with Gasteiger partial charge >= 0.3 is 5.92 Å². The second kappa shape index (κ2) is 14.3. The van der Waals surface area contributed by atoms with E-state index < -0.39 is 41.1 Å². The lowest BCUT2D eigenvalue weighted by molar-refractivity contribution is -0.165. The van der Waals surface area contributed by atoms with Gasteiger partial charge in [0, 0.05) is 17.5 Å². The summed E-state index contributed by atoms with van der Waals surface area (Å²) in [7, 11) is -2.16. The summed E-state index contributed by atoms with van der Waals surface area (Å²) >= 11 is 0. The van der Waals surface area contributed by atoms with E-state index in [1.165, 1.54) is 25.1 Å². The van der Waals surface area contributed by atoms with Crippen LogP contribution in [0.5, 0.6) is 0 Å². The van der Waals surface area contributed by atoms with Crippen molar-refractivity contribution in [3.63, 3.8) is 0 Å². The molecule has 2 aromatic heterocycles. The standard InChI is InChI=1S/C28H40F3N4OPS.C2H6/c1-9-15-27(5,36-38(8,10-2)11-3)28(30,31)22-14-12-13-20(25(22)29)17-33-26-21-16-24(37(6)7)32-18-23(21)34-19(4)35-26;1-2/h12-14,16,18H,9-11,15,17H2,1-8H3,(H,33,34,35);1-2H3. The molecule has 0 saturated heterocycles. The number of anilines is 1. The van der Waals surface area contributed by atoms with Crippen LogP contribution < -0.4 is 10.8 Å². The van der Waals surface area contributed by atoms with Crippen LogP contribution in [0.25, 0.3) is 10.9 Å². The van der Waals surface area contributed by atoms with Gasteiger partial charge in [0.15, 0.2) is 0 Å². The van der Waals surface area contributed by atoms with Gasteiger partial charge in [-0.15, -0.1) is 10.3 Å². The molecule has 0 aliphatic heterocycles. The zero-order valence-corrected chi connectivity index (χ0v) is 27.4. The first kappa shape index (κ1) is 34.2. The predicted octanol–water partition coefficient (Wildman–Crippen LogP) is 8.53. The Kier molecular flexibility index (Phi) is 12.2. The number of nitrogens with one attached hydrogen (secondary N) is 1. The van der Waals surface area contributed by atoms with Crippen LogP contribution in [0.4, 0.5) is 19.0 Å². The first-order chi connectivity index (χ1) is 18.8. The molecule has 0 radical (unpaired) electrons. The number of benzene rings is 1. The number of rotatable bonds is 12. The normalized spacial score (nSPS) is 14.1. The third-order valence-corrected chi connectivity index (χ3v) is 11.4. The molecule has 2 heterocycles. The Hall–Kier alpha value is -1.96. The minimum absolute atomic E-state index is 0.00971. The van der Waals surface area contributed by atoms with Crippen LogP contribution >= 0.6 is 18.2 Å². The molecule has 0 aliphatic rings. The van der Waals surface area contributed by atoms with Crippen molar-refractivity contribution in [2.24, 2.45) is 0 Å². The Morgan fingerprint density at radius 3 is 2.30 bits per heavy atom. The largest absolute Gasteiger partial charge is 0.365 e. The van der Waals surface area contributed by atoms with Crippen LogP contribution in [-0.2, 0) is 16.7 Å². The molecule has 0 aliphatic carbocycles. The average Bonchev–Trinajstić information content (AvgIpc) is 2.92. The van der Waals surface area contributed by atoms with Crippen LogP contribution in [0.15, 0.2) is 30.5 Å². The average molecular weight is 599 g/mol. The molecule has 0 saturated carbocycles. The lowest BCUT2D eigenvalue weighted by atomic mass is 9.87. The lowest BCUT2D eigenvalue weighted by Gasteiger charge is -2.46. The van der Waals surface area contributed by atoms with Crippen LogP contribution in [0, 0.1) is 12.7 Å². The molecular weight excluding hydrogens is 552 g/mol. The zero-order chi connectivity index (χ0) is 30.3. The van der Waals surface area contributed by atoms with Gasteiger partial charge in [0.05, 0.1) is 22.7 Å². The number of halogens is 3. The highest BCUT2D eigenvalue weighted by Crippen LogP contribution is 2.56. The number of pyridine rings is 1. The Morgan fingerprint density at radius 2 is 1.73 bits per heavy atom. The lowest BCUT2D eigenvalue weighted by Crippen LogP contribution is -2.47. The maximum absolute atomic E-state index is 16.2. The molecular formula is C30H46F3N4OPS. The monoisotopic (exact) mass is 598 g/mol. The number of fused-ring (bicyclic) bond motifs is 1. The molecule has 0 spiro atoms. The molecule has 1 N–H and O–H groups in total. The topological polar surface area (TPSA) is 59.9 Å². The van der Waals surface area contributed by atoms with Gasteiger partial charge in [-0.25, -0.2) is 14.4 Å². The van der Waals surface area contributed by atoms with Crippen LogP contribution in [0.3, 0.4) is 0 Å². The highest BCUT2D eigenvalue weighted by molar-refractivity contribution is 8.29. The molecule has 0 amide bonds. The molecule has 224 valence electrons. The molecule has 1 aromatic carbocycles. The first-order valence-electron chi connectivity index (χ1n) is 14.0. The summed E-state index contributed by atoms with van der Waals surface area (Å²) < 4.78 is 54.4. The molecule has 5 nitrogen and oxygen atoms in total. The van der Waals surface area contributed by atoms with Crippen LogP contribution in [-0.4, -0.2) is 51.6 Å². The van der Waals surface area contributed by atoms with Crippen molar-refractivity contribution in [2.45, 2.75) is 79.4 Å². The van der Waals surface area contributed by atoms with E-state index in [1.807, 2.05) is 46.9 Å². The number of aromatic nitrogens is 3. The fraction of sp³-hybridized carbons (Fsp3) is 0.567. The second-order valence-electron chi connectivity index (χ2n) is 10.1. The quantitative estimate of drug-likeness (QED) is 0.212. The summed E-state index contributed by atoms with van der Waals surface area (Å²) in [5.41, 5.74) is -0.716. The fourth-order valence-electron chi connectivity index (χ4n) is 4.43. The van der Waals surface area contributed by atoms with Crippen molar-refractivity contribution >= 4 is 40.4 Å². The predicted molar refractivity (Wildman–Crippen MR) is 168 cm³/mol. The minimum atomic E-state index is -3.53. The molecule has 40 heavy (non-hydrogen) atoms. The number of nitrogens with zero attached hydrogens (tertiary/aromatic N) is 3.